The van der Waals surface area contributed by atoms with Crippen LogP contribution in [0.25, 0.3) is 0 Å². The summed E-state index contributed by atoms with van der Waals surface area (Å²) in [6.45, 7) is 1.01. The number of hydroxylamine groups is 2. The highest BCUT2D eigenvalue weighted by atomic mass is 19.4. The SMILES string of the molecule is COc1ccc2c(c1)NC(=O)[N+]2(OC(=O)C(F)(F)F)C1CCNCC1. The number of hydrogen-bond donors (Lipinski definition) is 2. The highest BCUT2D eigenvalue weighted by Crippen LogP contribution is 2.45. The summed E-state index contributed by atoms with van der Waals surface area (Å²) >= 11 is 0. The molecule has 7 nitrogen and oxygen atoms in total. The number of carbonyl (C=O) groups is 2. The topological polar surface area (TPSA) is 76.7 Å². The summed E-state index contributed by atoms with van der Waals surface area (Å²) in [4.78, 5) is 29.0. The molecule has 0 bridgehead atoms. The van der Waals surface area contributed by atoms with Crippen molar-refractivity contribution < 1.29 is 32.3 Å². The maximum atomic E-state index is 12.8. The van der Waals surface area contributed by atoms with Crippen LogP contribution in [-0.2, 0) is 9.63 Å². The van der Waals surface area contributed by atoms with Crippen molar-refractivity contribution in [1.29, 1.82) is 0 Å². The monoisotopic (exact) mass is 360 g/mol. The molecule has 3 rings (SSSR count). The molecule has 0 aromatic heterocycles. The fraction of sp³-hybridized carbons (Fsp3) is 0.467. The van der Waals surface area contributed by atoms with Gasteiger partial charge in [0.05, 0.1) is 7.11 Å². The number of nitrogens with zero attached hydrogens (tertiary/aromatic N) is 1. The zero-order chi connectivity index (χ0) is 18.2. The number of anilines is 1. The number of quaternary nitrogens is 1. The van der Waals surface area contributed by atoms with Crippen LogP contribution in [0.15, 0.2) is 18.2 Å². The molecule has 0 radical (unpaired) electrons. The van der Waals surface area contributed by atoms with E-state index in [0.717, 1.165) is 0 Å². The molecule has 1 aromatic carbocycles. The molecule has 2 aliphatic rings. The Labute approximate surface area is 141 Å². The number of rotatable bonds is 3. The number of urea groups is 1. The molecule has 2 N–H and O–H groups in total. The van der Waals surface area contributed by atoms with Crippen molar-refractivity contribution in [1.82, 2.24) is 9.96 Å². The summed E-state index contributed by atoms with van der Waals surface area (Å²) in [5, 5.41) is 5.58. The largest absolute Gasteiger partial charge is 0.497 e. The maximum absolute atomic E-state index is 12.8. The van der Waals surface area contributed by atoms with E-state index in [4.69, 9.17) is 9.57 Å². The van der Waals surface area contributed by atoms with Crippen LogP contribution in [0.3, 0.4) is 0 Å². The van der Waals surface area contributed by atoms with E-state index in [1.54, 1.807) is 0 Å². The summed E-state index contributed by atoms with van der Waals surface area (Å²) in [7, 11) is 1.43. The molecule has 136 valence electrons. The number of amides is 2. The van der Waals surface area contributed by atoms with Crippen LogP contribution < -0.4 is 20.0 Å². The lowest BCUT2D eigenvalue weighted by Gasteiger charge is -2.36. The van der Waals surface area contributed by atoms with E-state index in [9.17, 15) is 22.8 Å². The van der Waals surface area contributed by atoms with Gasteiger partial charge in [0.25, 0.3) is 0 Å². The minimum Gasteiger partial charge on any atom is -0.497 e. The van der Waals surface area contributed by atoms with Gasteiger partial charge in [0.1, 0.15) is 17.5 Å². The van der Waals surface area contributed by atoms with Gasteiger partial charge in [-0.25, -0.2) is 9.59 Å². The summed E-state index contributed by atoms with van der Waals surface area (Å²) in [5.74, 6) is -1.98. The Morgan fingerprint density at radius 3 is 2.56 bits per heavy atom. The second kappa shape index (κ2) is 6.19. The van der Waals surface area contributed by atoms with E-state index < -0.39 is 28.9 Å². The first-order valence-electron chi connectivity index (χ1n) is 7.69. The van der Waals surface area contributed by atoms with Gasteiger partial charge >= 0.3 is 18.2 Å². The van der Waals surface area contributed by atoms with Crippen LogP contribution in [0.5, 0.6) is 5.75 Å². The van der Waals surface area contributed by atoms with Gasteiger partial charge in [-0.1, -0.05) is 0 Å². The lowest BCUT2D eigenvalue weighted by atomic mass is 10.0. The minimum absolute atomic E-state index is 0.162. The first kappa shape index (κ1) is 17.5. The molecule has 1 fully saturated rings. The van der Waals surface area contributed by atoms with Gasteiger partial charge < -0.3 is 10.1 Å². The molecule has 2 heterocycles. The lowest BCUT2D eigenvalue weighted by Crippen LogP contribution is -2.63. The van der Waals surface area contributed by atoms with Gasteiger partial charge in [-0.05, 0) is 10.7 Å². The molecular formula is C15H17F3N3O4+. The Bertz CT molecular complexity index is 704. The average molecular weight is 360 g/mol. The van der Waals surface area contributed by atoms with Crippen molar-refractivity contribution in [3.8, 4) is 5.75 Å². The molecule has 2 amide bonds. The molecule has 25 heavy (non-hydrogen) atoms. The number of carbonyl (C=O) groups excluding carboxylic acids is 2. The number of halogens is 3. The average Bonchev–Trinajstić information content (AvgIpc) is 2.86. The van der Waals surface area contributed by atoms with Gasteiger partial charge in [0, 0.05) is 38.1 Å². The van der Waals surface area contributed by atoms with Crippen molar-refractivity contribution >= 4 is 23.4 Å². The van der Waals surface area contributed by atoms with Crippen LogP contribution in [0.2, 0.25) is 0 Å². The highest BCUT2D eigenvalue weighted by Gasteiger charge is 2.61. The quantitative estimate of drug-likeness (QED) is 0.809. The van der Waals surface area contributed by atoms with E-state index in [1.807, 2.05) is 0 Å². The first-order valence-corrected chi connectivity index (χ1v) is 7.69. The van der Waals surface area contributed by atoms with Crippen molar-refractivity contribution in [2.24, 2.45) is 0 Å². The molecule has 2 aliphatic heterocycles. The van der Waals surface area contributed by atoms with E-state index in [2.05, 4.69) is 10.6 Å². The number of alkyl halides is 3. The molecule has 0 spiro atoms. The number of piperidine rings is 1. The van der Waals surface area contributed by atoms with E-state index in [-0.39, 0.29) is 11.4 Å². The number of fused-ring (bicyclic) bond motifs is 1. The standard InChI is InChI=1S/C15H16F3N3O4/c1-24-10-2-3-12-11(8-10)20-14(23)21(12,9-4-6-19-7-5-9)25-13(22)15(16,17)18/h2-3,8-9,19H,4-7H2,1H3/p+1. The van der Waals surface area contributed by atoms with E-state index >= 15 is 0 Å². The smallest absolute Gasteiger partial charge is 0.497 e. The zero-order valence-corrected chi connectivity index (χ0v) is 13.4. The third-order valence-corrected chi connectivity index (χ3v) is 4.39. The van der Waals surface area contributed by atoms with Gasteiger partial charge in [-0.3, -0.25) is 10.2 Å². The number of ether oxygens (including phenoxy) is 1. The van der Waals surface area contributed by atoms with Crippen molar-refractivity contribution in [2.75, 3.05) is 25.5 Å². The van der Waals surface area contributed by atoms with Gasteiger partial charge in [-0.15, -0.1) is 0 Å². The zero-order valence-electron chi connectivity index (χ0n) is 13.4. The predicted molar refractivity (Wildman–Crippen MR) is 81.8 cm³/mol. The fourth-order valence-corrected chi connectivity index (χ4v) is 3.22. The Morgan fingerprint density at radius 1 is 1.28 bits per heavy atom. The van der Waals surface area contributed by atoms with Crippen LogP contribution in [0.4, 0.5) is 29.3 Å². The van der Waals surface area contributed by atoms with E-state index in [1.165, 1.54) is 25.3 Å². The number of methoxy groups -OCH3 is 1. The van der Waals surface area contributed by atoms with Crippen LogP contribution in [-0.4, -0.2) is 44.4 Å². The van der Waals surface area contributed by atoms with Crippen molar-refractivity contribution in [2.45, 2.75) is 25.1 Å². The van der Waals surface area contributed by atoms with E-state index in [0.29, 0.717) is 31.7 Å². The Morgan fingerprint density at radius 2 is 1.96 bits per heavy atom. The molecular weight excluding hydrogens is 343 g/mol. The number of hydrogen-bond acceptors (Lipinski definition) is 5. The van der Waals surface area contributed by atoms with Gasteiger partial charge in [-0.2, -0.15) is 13.2 Å². The fourth-order valence-electron chi connectivity index (χ4n) is 3.22. The third-order valence-electron chi connectivity index (χ3n) is 4.39. The van der Waals surface area contributed by atoms with Crippen LogP contribution in [0, 0.1) is 0 Å². The Hall–Kier alpha value is -2.33. The number of nitrogens with one attached hydrogen (secondary N) is 2. The normalized spacial score (nSPS) is 23.8. The maximum Gasteiger partial charge on any atom is 0.497 e. The van der Waals surface area contributed by atoms with Crippen molar-refractivity contribution in [3.63, 3.8) is 0 Å². The van der Waals surface area contributed by atoms with Crippen LogP contribution >= 0.6 is 0 Å². The third kappa shape index (κ3) is 2.91. The Kier molecular flexibility index (Phi) is 4.33. The molecule has 0 aliphatic carbocycles. The predicted octanol–water partition coefficient (Wildman–Crippen LogP) is 2.32. The Balaban J connectivity index is 2.09. The second-order valence-electron chi connectivity index (χ2n) is 5.83. The highest BCUT2D eigenvalue weighted by molar-refractivity contribution is 6.08. The molecule has 1 unspecified atom stereocenters. The summed E-state index contributed by atoms with van der Waals surface area (Å²) in [6, 6.07) is 2.98. The summed E-state index contributed by atoms with van der Waals surface area (Å²) in [6.07, 6.45) is -4.44. The molecule has 10 heteroatoms. The first-order chi connectivity index (χ1) is 11.8. The second-order valence-corrected chi connectivity index (χ2v) is 5.83. The van der Waals surface area contributed by atoms with Gasteiger partial charge in [0.15, 0.2) is 0 Å². The van der Waals surface area contributed by atoms with Crippen molar-refractivity contribution in [3.05, 3.63) is 18.2 Å². The molecule has 0 saturated carbocycles. The number of benzene rings is 1. The summed E-state index contributed by atoms with van der Waals surface area (Å²) in [5.41, 5.74) is 0.424. The molecule has 1 atom stereocenters. The minimum atomic E-state index is -5.20. The lowest BCUT2D eigenvalue weighted by molar-refractivity contribution is -0.230. The molecule has 1 aromatic rings. The van der Waals surface area contributed by atoms with Crippen LogP contribution in [0.1, 0.15) is 12.8 Å². The van der Waals surface area contributed by atoms with Gasteiger partial charge in [0.2, 0.25) is 5.69 Å². The summed E-state index contributed by atoms with van der Waals surface area (Å²) < 4.78 is 42.4. The molecule has 1 saturated heterocycles.